The number of aromatic nitrogens is 4. The van der Waals surface area contributed by atoms with Gasteiger partial charge in [-0.25, -0.2) is 0 Å². The molecule has 0 bridgehead atoms. The predicted octanol–water partition coefficient (Wildman–Crippen LogP) is 2.26. The lowest BCUT2D eigenvalue weighted by Crippen LogP contribution is -2.24. The second-order valence-corrected chi connectivity index (χ2v) is 5.89. The number of nitrogens with zero attached hydrogens (tertiary/aromatic N) is 5. The van der Waals surface area contributed by atoms with Gasteiger partial charge in [0.2, 0.25) is 0 Å². The van der Waals surface area contributed by atoms with Crippen LogP contribution in [0.1, 0.15) is 16.2 Å². The summed E-state index contributed by atoms with van der Waals surface area (Å²) < 4.78 is 2.37. The molecule has 0 fully saturated rings. The molecule has 0 unspecified atom stereocenters. The van der Waals surface area contributed by atoms with Crippen LogP contribution >= 0.6 is 15.9 Å². The van der Waals surface area contributed by atoms with Gasteiger partial charge < -0.3 is 5.32 Å². The van der Waals surface area contributed by atoms with Gasteiger partial charge in [-0.3, -0.25) is 14.9 Å². The van der Waals surface area contributed by atoms with Crippen molar-refractivity contribution < 1.29 is 9.72 Å². The molecular formula is C15H11BrN6O3. The first kappa shape index (κ1) is 16.7. The Morgan fingerprint density at radius 2 is 2.04 bits per heavy atom. The number of benzene rings is 2. The Balaban J connectivity index is 1.75. The zero-order chi connectivity index (χ0) is 17.8. The van der Waals surface area contributed by atoms with Gasteiger partial charge in [-0.2, -0.15) is 4.68 Å². The first-order chi connectivity index (χ1) is 12.0. The Morgan fingerprint density at radius 3 is 2.80 bits per heavy atom. The zero-order valence-corrected chi connectivity index (χ0v) is 14.3. The highest BCUT2D eigenvalue weighted by molar-refractivity contribution is 9.10. The van der Waals surface area contributed by atoms with Crippen molar-refractivity contribution in [2.75, 3.05) is 0 Å². The lowest BCUT2D eigenvalue weighted by atomic mass is 10.2. The molecule has 0 atom stereocenters. The molecule has 0 aliphatic heterocycles. The molecule has 0 saturated heterocycles. The second-order valence-electron chi connectivity index (χ2n) is 4.98. The van der Waals surface area contributed by atoms with Gasteiger partial charge in [0.05, 0.1) is 17.2 Å². The summed E-state index contributed by atoms with van der Waals surface area (Å²) in [5, 5.41) is 24.9. The minimum absolute atomic E-state index is 0.0705. The summed E-state index contributed by atoms with van der Waals surface area (Å²) >= 11 is 3.38. The summed E-state index contributed by atoms with van der Waals surface area (Å²) in [5.41, 5.74) is 0.779. The van der Waals surface area contributed by atoms with Crippen molar-refractivity contribution in [1.29, 1.82) is 0 Å². The number of rotatable bonds is 5. The van der Waals surface area contributed by atoms with Crippen LogP contribution in [0.5, 0.6) is 0 Å². The highest BCUT2D eigenvalue weighted by atomic mass is 79.9. The van der Waals surface area contributed by atoms with Crippen molar-refractivity contribution >= 4 is 27.5 Å². The van der Waals surface area contributed by atoms with Gasteiger partial charge in [0.15, 0.2) is 5.82 Å². The van der Waals surface area contributed by atoms with E-state index < -0.39 is 10.8 Å². The molecule has 0 radical (unpaired) electrons. The molecule has 1 heterocycles. The Hall–Kier alpha value is -3.14. The number of nitrogens with one attached hydrogen (secondary N) is 1. The SMILES string of the molecule is O=C(NCc1nnnn1-c1cccc(Br)c1)c1cccc([N+](=O)[O-])c1. The Labute approximate surface area is 149 Å². The van der Waals surface area contributed by atoms with Crippen molar-refractivity contribution in [3.05, 3.63) is 74.5 Å². The second kappa shape index (κ2) is 7.18. The number of nitro benzene ring substituents is 1. The Morgan fingerprint density at radius 1 is 1.24 bits per heavy atom. The molecule has 0 spiro atoms. The van der Waals surface area contributed by atoms with E-state index in [0.29, 0.717) is 5.82 Å². The smallest absolute Gasteiger partial charge is 0.270 e. The van der Waals surface area contributed by atoms with E-state index in [-0.39, 0.29) is 17.8 Å². The average molecular weight is 403 g/mol. The van der Waals surface area contributed by atoms with Crippen LogP contribution in [0.4, 0.5) is 5.69 Å². The first-order valence-electron chi connectivity index (χ1n) is 7.10. The average Bonchev–Trinajstić information content (AvgIpc) is 3.08. The van der Waals surface area contributed by atoms with Gasteiger partial charge in [-0.15, -0.1) is 5.10 Å². The number of tetrazole rings is 1. The molecule has 2 aromatic carbocycles. The quantitative estimate of drug-likeness (QED) is 0.516. The molecule has 1 N–H and O–H groups in total. The van der Waals surface area contributed by atoms with E-state index in [1.165, 1.54) is 28.9 Å². The first-order valence-corrected chi connectivity index (χ1v) is 7.90. The van der Waals surface area contributed by atoms with E-state index in [9.17, 15) is 14.9 Å². The van der Waals surface area contributed by atoms with E-state index in [0.717, 1.165) is 10.2 Å². The zero-order valence-electron chi connectivity index (χ0n) is 12.7. The number of hydrogen-bond acceptors (Lipinski definition) is 6. The Kier molecular flexibility index (Phi) is 4.80. The van der Waals surface area contributed by atoms with Gasteiger partial charge in [0.1, 0.15) is 0 Å². The van der Waals surface area contributed by atoms with E-state index in [4.69, 9.17) is 0 Å². The summed E-state index contributed by atoms with van der Waals surface area (Å²) in [4.78, 5) is 22.4. The molecule has 0 aliphatic carbocycles. The van der Waals surface area contributed by atoms with Gasteiger partial charge in [-0.1, -0.05) is 28.1 Å². The van der Waals surface area contributed by atoms with Crippen molar-refractivity contribution in [2.45, 2.75) is 6.54 Å². The molecule has 3 rings (SSSR count). The van der Waals surface area contributed by atoms with Crippen molar-refractivity contribution in [3.8, 4) is 5.69 Å². The number of carbonyl (C=O) groups is 1. The summed E-state index contributed by atoms with van der Waals surface area (Å²) in [5.74, 6) is -0.0237. The van der Waals surface area contributed by atoms with Gasteiger partial charge in [0, 0.05) is 22.2 Å². The van der Waals surface area contributed by atoms with Crippen LogP contribution in [0, 0.1) is 10.1 Å². The minimum atomic E-state index is -0.551. The molecule has 25 heavy (non-hydrogen) atoms. The number of carbonyl (C=O) groups excluding carboxylic acids is 1. The summed E-state index contributed by atoms with van der Waals surface area (Å²) in [6.45, 7) is 0.0705. The van der Waals surface area contributed by atoms with Crippen LogP contribution in [0.2, 0.25) is 0 Å². The van der Waals surface area contributed by atoms with E-state index in [2.05, 4.69) is 36.8 Å². The maximum atomic E-state index is 12.2. The summed E-state index contributed by atoms with van der Waals surface area (Å²) in [6, 6.07) is 12.9. The third-order valence-corrected chi connectivity index (χ3v) is 3.81. The van der Waals surface area contributed by atoms with Gasteiger partial charge >= 0.3 is 0 Å². The normalized spacial score (nSPS) is 10.4. The third-order valence-electron chi connectivity index (χ3n) is 3.31. The molecule has 1 aromatic heterocycles. The number of amides is 1. The predicted molar refractivity (Wildman–Crippen MR) is 91.1 cm³/mol. The highest BCUT2D eigenvalue weighted by Crippen LogP contribution is 2.16. The summed E-state index contributed by atoms with van der Waals surface area (Å²) in [7, 11) is 0. The molecule has 1 amide bonds. The van der Waals surface area contributed by atoms with Crippen molar-refractivity contribution in [2.24, 2.45) is 0 Å². The molecular weight excluding hydrogens is 392 g/mol. The highest BCUT2D eigenvalue weighted by Gasteiger charge is 2.14. The van der Waals surface area contributed by atoms with Crippen LogP contribution in [-0.4, -0.2) is 31.0 Å². The van der Waals surface area contributed by atoms with E-state index in [1.807, 2.05) is 24.3 Å². The Bertz CT molecular complexity index is 942. The maximum Gasteiger partial charge on any atom is 0.270 e. The van der Waals surface area contributed by atoms with Crippen LogP contribution in [-0.2, 0) is 6.54 Å². The largest absolute Gasteiger partial charge is 0.345 e. The topological polar surface area (TPSA) is 116 Å². The van der Waals surface area contributed by atoms with Gasteiger partial charge in [-0.05, 0) is 34.7 Å². The summed E-state index contributed by atoms with van der Waals surface area (Å²) in [6.07, 6.45) is 0. The third kappa shape index (κ3) is 3.86. The van der Waals surface area contributed by atoms with E-state index >= 15 is 0 Å². The van der Waals surface area contributed by atoms with Crippen LogP contribution in [0.25, 0.3) is 5.69 Å². The molecule has 10 heteroatoms. The molecule has 9 nitrogen and oxygen atoms in total. The lowest BCUT2D eigenvalue weighted by molar-refractivity contribution is -0.384. The van der Waals surface area contributed by atoms with Crippen molar-refractivity contribution in [3.63, 3.8) is 0 Å². The maximum absolute atomic E-state index is 12.2. The molecule has 126 valence electrons. The van der Waals surface area contributed by atoms with Crippen molar-refractivity contribution in [1.82, 2.24) is 25.5 Å². The number of nitro groups is 1. The molecule has 0 aliphatic rings. The fourth-order valence-electron chi connectivity index (χ4n) is 2.15. The number of hydrogen-bond donors (Lipinski definition) is 1. The fourth-order valence-corrected chi connectivity index (χ4v) is 2.53. The lowest BCUT2D eigenvalue weighted by Gasteiger charge is -2.07. The number of non-ortho nitro benzene ring substituents is 1. The molecule has 0 saturated carbocycles. The monoisotopic (exact) mass is 402 g/mol. The van der Waals surface area contributed by atoms with Crippen LogP contribution in [0.15, 0.2) is 53.0 Å². The standard InChI is InChI=1S/C15H11BrN6O3/c16-11-4-2-5-12(8-11)21-14(18-19-20-21)9-17-15(23)10-3-1-6-13(7-10)22(24)25/h1-8H,9H2,(H,17,23). The van der Waals surface area contributed by atoms with Crippen LogP contribution in [0.3, 0.4) is 0 Å². The number of halogens is 1. The van der Waals surface area contributed by atoms with E-state index in [1.54, 1.807) is 0 Å². The van der Waals surface area contributed by atoms with Gasteiger partial charge in [0.25, 0.3) is 11.6 Å². The van der Waals surface area contributed by atoms with Crippen LogP contribution < -0.4 is 5.32 Å². The molecule has 3 aromatic rings. The fraction of sp³-hybridized carbons (Fsp3) is 0.0667. The minimum Gasteiger partial charge on any atom is -0.345 e.